The number of nitrogens with one attached hydrogen (secondary N) is 1. The fraction of sp³-hybridized carbons (Fsp3) is 0.250. The predicted molar refractivity (Wildman–Crippen MR) is 79.9 cm³/mol. The minimum Gasteiger partial charge on any atom is -0.455 e. The molecule has 19 heavy (non-hydrogen) atoms. The van der Waals surface area contributed by atoms with Crippen molar-refractivity contribution in [2.45, 2.75) is 26.4 Å². The van der Waals surface area contributed by atoms with Crippen molar-refractivity contribution in [2.24, 2.45) is 0 Å². The van der Waals surface area contributed by atoms with E-state index in [1.807, 2.05) is 42.5 Å². The summed E-state index contributed by atoms with van der Waals surface area (Å²) in [6.07, 6.45) is 0. The Morgan fingerprint density at radius 2 is 1.63 bits per heavy atom. The van der Waals surface area contributed by atoms with Crippen molar-refractivity contribution >= 4 is 11.6 Å². The van der Waals surface area contributed by atoms with E-state index >= 15 is 0 Å². The lowest BCUT2D eigenvalue weighted by Gasteiger charge is -2.14. The molecule has 3 heteroatoms. The third-order valence-electron chi connectivity index (χ3n) is 2.73. The lowest BCUT2D eigenvalue weighted by atomic mass is 10.2. The van der Waals surface area contributed by atoms with Gasteiger partial charge in [-0.05, 0) is 18.2 Å². The van der Waals surface area contributed by atoms with Gasteiger partial charge >= 0.3 is 0 Å². The van der Waals surface area contributed by atoms with Gasteiger partial charge in [0.1, 0.15) is 11.5 Å². The number of halogens is 1. The molecule has 0 radical (unpaired) electrons. The minimum absolute atomic E-state index is 0.438. The third kappa shape index (κ3) is 3.98. The van der Waals surface area contributed by atoms with Crippen LogP contribution in [0.25, 0.3) is 0 Å². The third-order valence-corrected chi connectivity index (χ3v) is 3.04. The van der Waals surface area contributed by atoms with Crippen molar-refractivity contribution in [3.05, 3.63) is 59.1 Å². The molecule has 0 aliphatic heterocycles. The van der Waals surface area contributed by atoms with Gasteiger partial charge in [0, 0.05) is 18.2 Å². The molecule has 0 amide bonds. The molecule has 0 aliphatic rings. The second-order valence-corrected chi connectivity index (χ2v) is 5.08. The molecule has 2 rings (SSSR count). The van der Waals surface area contributed by atoms with Crippen LogP contribution in [0.15, 0.2) is 48.5 Å². The summed E-state index contributed by atoms with van der Waals surface area (Å²) in [6, 6.07) is 15.9. The van der Waals surface area contributed by atoms with Gasteiger partial charge in [-0.15, -0.1) is 0 Å². The topological polar surface area (TPSA) is 21.3 Å². The lowest BCUT2D eigenvalue weighted by molar-refractivity contribution is 0.469. The van der Waals surface area contributed by atoms with Gasteiger partial charge in [-0.3, -0.25) is 0 Å². The van der Waals surface area contributed by atoms with E-state index < -0.39 is 0 Å². The maximum absolute atomic E-state index is 6.11. The molecule has 0 unspecified atom stereocenters. The summed E-state index contributed by atoms with van der Waals surface area (Å²) in [5.41, 5.74) is 1.12. The van der Waals surface area contributed by atoms with E-state index in [4.69, 9.17) is 16.3 Å². The summed E-state index contributed by atoms with van der Waals surface area (Å²) in [6.45, 7) is 5.02. The maximum atomic E-state index is 6.11. The summed E-state index contributed by atoms with van der Waals surface area (Å²) in [7, 11) is 0. The average Bonchev–Trinajstić information content (AvgIpc) is 2.40. The summed E-state index contributed by atoms with van der Waals surface area (Å²) < 4.78 is 5.90. The van der Waals surface area contributed by atoms with E-state index in [-0.39, 0.29) is 0 Å². The fourth-order valence-electron chi connectivity index (χ4n) is 1.71. The molecule has 0 fully saturated rings. The van der Waals surface area contributed by atoms with Crippen LogP contribution in [-0.2, 0) is 6.54 Å². The molecule has 1 N–H and O–H groups in total. The number of hydrogen-bond donors (Lipinski definition) is 1. The molecule has 0 atom stereocenters. The summed E-state index contributed by atoms with van der Waals surface area (Å²) >= 11 is 6.11. The first-order chi connectivity index (χ1) is 9.16. The highest BCUT2D eigenvalue weighted by atomic mass is 35.5. The van der Waals surface area contributed by atoms with Gasteiger partial charge in [0.2, 0.25) is 0 Å². The van der Waals surface area contributed by atoms with E-state index in [1.54, 1.807) is 0 Å². The molecule has 2 aromatic carbocycles. The molecule has 2 aromatic rings. The van der Waals surface area contributed by atoms with E-state index in [2.05, 4.69) is 25.2 Å². The number of benzene rings is 2. The molecule has 0 saturated heterocycles. The Morgan fingerprint density at radius 1 is 1.00 bits per heavy atom. The highest BCUT2D eigenvalue weighted by molar-refractivity contribution is 6.32. The summed E-state index contributed by atoms with van der Waals surface area (Å²) in [5, 5.41) is 4.01. The highest BCUT2D eigenvalue weighted by Gasteiger charge is 2.07. The Kier molecular flexibility index (Phi) is 4.83. The van der Waals surface area contributed by atoms with Gasteiger partial charge in [-0.2, -0.15) is 0 Å². The van der Waals surface area contributed by atoms with Crippen LogP contribution in [-0.4, -0.2) is 6.04 Å². The molecular formula is C16H18ClNO. The second kappa shape index (κ2) is 6.60. The van der Waals surface area contributed by atoms with Gasteiger partial charge in [-0.25, -0.2) is 0 Å². The van der Waals surface area contributed by atoms with Gasteiger partial charge in [0.15, 0.2) is 0 Å². The molecule has 2 nitrogen and oxygen atoms in total. The predicted octanol–water partition coefficient (Wildman–Crippen LogP) is 4.63. The Hall–Kier alpha value is -1.51. The standard InChI is InChI=1S/C16H18ClNO/c1-12(2)18-11-13-7-3-5-9-15(13)19-16-10-6-4-8-14(16)17/h3-10,12,18H,11H2,1-2H3. The zero-order valence-corrected chi connectivity index (χ0v) is 11.9. The van der Waals surface area contributed by atoms with Crippen LogP contribution in [0.1, 0.15) is 19.4 Å². The maximum Gasteiger partial charge on any atom is 0.146 e. The Balaban J connectivity index is 2.18. The number of ether oxygens (including phenoxy) is 1. The van der Waals surface area contributed by atoms with Crippen molar-refractivity contribution < 1.29 is 4.74 Å². The zero-order valence-electron chi connectivity index (χ0n) is 11.2. The van der Waals surface area contributed by atoms with Crippen molar-refractivity contribution in [2.75, 3.05) is 0 Å². The minimum atomic E-state index is 0.438. The largest absolute Gasteiger partial charge is 0.455 e. The van der Waals surface area contributed by atoms with Crippen molar-refractivity contribution in [1.82, 2.24) is 5.32 Å². The smallest absolute Gasteiger partial charge is 0.146 e. The number of hydrogen-bond acceptors (Lipinski definition) is 2. The number of para-hydroxylation sites is 2. The summed E-state index contributed by atoms with van der Waals surface area (Å²) in [4.78, 5) is 0. The van der Waals surface area contributed by atoms with Crippen LogP contribution in [0, 0.1) is 0 Å². The van der Waals surface area contributed by atoms with Crippen LogP contribution in [0.4, 0.5) is 0 Å². The van der Waals surface area contributed by atoms with Crippen molar-refractivity contribution in [1.29, 1.82) is 0 Å². The Bertz CT molecular complexity index is 540. The van der Waals surface area contributed by atoms with Gasteiger partial charge < -0.3 is 10.1 Å². The Morgan fingerprint density at radius 3 is 2.32 bits per heavy atom. The van der Waals surface area contributed by atoms with E-state index in [9.17, 15) is 0 Å². The SMILES string of the molecule is CC(C)NCc1ccccc1Oc1ccccc1Cl. The van der Waals surface area contributed by atoms with Crippen LogP contribution in [0.3, 0.4) is 0 Å². The van der Waals surface area contributed by atoms with E-state index in [1.165, 1.54) is 0 Å². The van der Waals surface area contributed by atoms with Gasteiger partial charge in [-0.1, -0.05) is 55.8 Å². The summed E-state index contributed by atoms with van der Waals surface area (Å²) in [5.74, 6) is 1.52. The second-order valence-electron chi connectivity index (χ2n) is 4.68. The van der Waals surface area contributed by atoms with E-state index in [0.29, 0.717) is 16.8 Å². The molecule has 0 saturated carbocycles. The van der Waals surface area contributed by atoms with Crippen molar-refractivity contribution in [3.63, 3.8) is 0 Å². The monoisotopic (exact) mass is 275 g/mol. The molecule has 100 valence electrons. The molecule has 0 aliphatic carbocycles. The van der Waals surface area contributed by atoms with E-state index in [0.717, 1.165) is 17.9 Å². The quantitative estimate of drug-likeness (QED) is 0.859. The first-order valence-corrected chi connectivity index (χ1v) is 6.78. The Labute approximate surface area is 119 Å². The molecule has 0 bridgehead atoms. The van der Waals surface area contributed by atoms with Crippen LogP contribution in [0.5, 0.6) is 11.5 Å². The van der Waals surface area contributed by atoms with Crippen LogP contribution < -0.4 is 10.1 Å². The number of rotatable bonds is 5. The normalized spacial score (nSPS) is 10.7. The van der Waals surface area contributed by atoms with Crippen LogP contribution in [0.2, 0.25) is 5.02 Å². The zero-order chi connectivity index (χ0) is 13.7. The van der Waals surface area contributed by atoms with Gasteiger partial charge in [0.25, 0.3) is 0 Å². The first-order valence-electron chi connectivity index (χ1n) is 6.40. The molecule has 0 aromatic heterocycles. The molecular weight excluding hydrogens is 258 g/mol. The fourth-order valence-corrected chi connectivity index (χ4v) is 1.88. The molecule has 0 heterocycles. The average molecular weight is 276 g/mol. The molecule has 0 spiro atoms. The van der Waals surface area contributed by atoms with Crippen molar-refractivity contribution in [3.8, 4) is 11.5 Å². The highest BCUT2D eigenvalue weighted by Crippen LogP contribution is 2.30. The first kappa shape index (κ1) is 13.9. The lowest BCUT2D eigenvalue weighted by Crippen LogP contribution is -2.22. The van der Waals surface area contributed by atoms with Gasteiger partial charge in [0.05, 0.1) is 5.02 Å². The van der Waals surface area contributed by atoms with Crippen LogP contribution >= 0.6 is 11.6 Å².